The van der Waals surface area contributed by atoms with Gasteiger partial charge in [0.1, 0.15) is 0 Å². The summed E-state index contributed by atoms with van der Waals surface area (Å²) in [5, 5.41) is 4.53. The fourth-order valence-corrected chi connectivity index (χ4v) is 3.30. The molecule has 2 aromatic rings. The van der Waals surface area contributed by atoms with E-state index in [2.05, 4.69) is 5.32 Å². The van der Waals surface area contributed by atoms with Crippen LogP contribution in [-0.4, -0.2) is 43.0 Å². The summed E-state index contributed by atoms with van der Waals surface area (Å²) in [5.74, 6) is -0.713. The van der Waals surface area contributed by atoms with Gasteiger partial charge in [0.05, 0.1) is 11.3 Å². The van der Waals surface area contributed by atoms with Crippen LogP contribution in [0.1, 0.15) is 10.4 Å². The van der Waals surface area contributed by atoms with Crippen molar-refractivity contribution in [1.29, 1.82) is 0 Å². The lowest BCUT2D eigenvalue weighted by Gasteiger charge is -2.10. The van der Waals surface area contributed by atoms with Gasteiger partial charge in [0.2, 0.25) is 12.7 Å². The normalized spacial score (nSPS) is 11.5. The molecule has 156 valence electrons. The highest BCUT2D eigenvalue weighted by molar-refractivity contribution is 8.00. The molecule has 30 heavy (non-hydrogen) atoms. The minimum atomic E-state index is -1.04. The predicted molar refractivity (Wildman–Crippen MR) is 106 cm³/mol. The van der Waals surface area contributed by atoms with Crippen LogP contribution in [0.25, 0.3) is 0 Å². The van der Waals surface area contributed by atoms with Crippen LogP contribution in [0.15, 0.2) is 47.4 Å². The van der Waals surface area contributed by atoms with E-state index in [1.165, 1.54) is 6.07 Å². The molecule has 0 fully saturated rings. The fourth-order valence-electron chi connectivity index (χ4n) is 2.46. The molecule has 0 saturated carbocycles. The summed E-state index contributed by atoms with van der Waals surface area (Å²) in [5.41, 5.74) is 5.56. The van der Waals surface area contributed by atoms with Gasteiger partial charge in [-0.15, -0.1) is 11.8 Å². The molecule has 4 N–H and O–H groups in total. The molecule has 1 aliphatic rings. The summed E-state index contributed by atoms with van der Waals surface area (Å²) in [6.07, 6.45) is 0. The molecule has 0 aromatic heterocycles. The van der Waals surface area contributed by atoms with Crippen LogP contribution < -0.4 is 25.8 Å². The van der Waals surface area contributed by atoms with Gasteiger partial charge in [-0.05, 0) is 24.3 Å². The number of urea groups is 1. The maximum Gasteiger partial charge on any atom is 0.339 e. The maximum absolute atomic E-state index is 12.3. The van der Waals surface area contributed by atoms with E-state index in [-0.39, 0.29) is 24.0 Å². The Kier molecular flexibility index (Phi) is 6.75. The molecular weight excluding hydrogens is 414 g/mol. The van der Waals surface area contributed by atoms with Gasteiger partial charge in [-0.25, -0.2) is 9.59 Å². The number of anilines is 1. The molecule has 0 aliphatic carbocycles. The van der Waals surface area contributed by atoms with Crippen LogP contribution in [0.2, 0.25) is 0 Å². The lowest BCUT2D eigenvalue weighted by molar-refractivity contribution is -0.123. The van der Waals surface area contributed by atoms with Gasteiger partial charge in [0.25, 0.3) is 5.91 Å². The first-order valence-corrected chi connectivity index (χ1v) is 9.58. The number of ether oxygens (including phenoxy) is 3. The number of fused-ring (bicyclic) bond motifs is 1. The SMILES string of the molecule is NC(=O)NC(=O)COC(=O)c1ccccc1SCC(=O)Nc1ccc2c(c1)OCO2. The second-order valence-corrected chi connectivity index (χ2v) is 6.91. The average molecular weight is 431 g/mol. The van der Waals surface area contributed by atoms with Gasteiger partial charge in [-0.2, -0.15) is 0 Å². The van der Waals surface area contributed by atoms with Crippen LogP contribution >= 0.6 is 11.8 Å². The Morgan fingerprint density at radius 2 is 1.80 bits per heavy atom. The van der Waals surface area contributed by atoms with E-state index < -0.39 is 24.5 Å². The lowest BCUT2D eigenvalue weighted by atomic mass is 10.2. The van der Waals surface area contributed by atoms with Crippen molar-refractivity contribution in [3.8, 4) is 11.5 Å². The molecule has 0 atom stereocenters. The molecule has 0 saturated heterocycles. The van der Waals surface area contributed by atoms with E-state index in [1.54, 1.807) is 41.7 Å². The Bertz CT molecular complexity index is 996. The number of hydrogen-bond donors (Lipinski definition) is 3. The minimum absolute atomic E-state index is 0.0287. The first kappa shape index (κ1) is 21.0. The van der Waals surface area contributed by atoms with Gasteiger partial charge >= 0.3 is 12.0 Å². The van der Waals surface area contributed by atoms with Crippen LogP contribution in [0.3, 0.4) is 0 Å². The number of benzene rings is 2. The number of amides is 4. The summed E-state index contributed by atoms with van der Waals surface area (Å²) in [7, 11) is 0. The van der Waals surface area contributed by atoms with Crippen molar-refractivity contribution in [2.45, 2.75) is 4.90 Å². The molecule has 0 unspecified atom stereocenters. The van der Waals surface area contributed by atoms with E-state index in [0.717, 1.165) is 11.8 Å². The van der Waals surface area contributed by atoms with E-state index in [1.807, 2.05) is 0 Å². The standard InChI is InChI=1S/C19H17N3O7S/c20-19(26)22-16(23)8-27-18(25)12-3-1-2-4-15(12)30-9-17(24)21-11-5-6-13-14(7-11)29-10-28-13/h1-7H,8-10H2,(H,21,24)(H3,20,22,23,26). The third-order valence-electron chi connectivity index (χ3n) is 3.72. The highest BCUT2D eigenvalue weighted by Crippen LogP contribution is 2.34. The van der Waals surface area contributed by atoms with Crippen molar-refractivity contribution in [3.05, 3.63) is 48.0 Å². The van der Waals surface area contributed by atoms with Crippen molar-refractivity contribution in [2.75, 3.05) is 24.5 Å². The fraction of sp³-hybridized carbons (Fsp3) is 0.158. The van der Waals surface area contributed by atoms with Crippen LogP contribution in [0.5, 0.6) is 11.5 Å². The number of primary amides is 1. The van der Waals surface area contributed by atoms with Crippen molar-refractivity contribution >= 4 is 41.3 Å². The Hall–Kier alpha value is -3.73. The molecule has 0 spiro atoms. The van der Waals surface area contributed by atoms with Crippen LogP contribution in [0.4, 0.5) is 10.5 Å². The molecule has 4 amide bonds. The Morgan fingerprint density at radius 3 is 2.60 bits per heavy atom. The molecular formula is C19H17N3O7S. The lowest BCUT2D eigenvalue weighted by Crippen LogP contribution is -2.37. The average Bonchev–Trinajstić information content (AvgIpc) is 3.18. The Balaban J connectivity index is 1.55. The third kappa shape index (κ3) is 5.64. The summed E-state index contributed by atoms with van der Waals surface area (Å²) in [6, 6.07) is 10.5. The Labute approximate surface area is 175 Å². The van der Waals surface area contributed by atoms with E-state index in [0.29, 0.717) is 22.1 Å². The van der Waals surface area contributed by atoms with Gasteiger partial charge in [-0.3, -0.25) is 14.9 Å². The summed E-state index contributed by atoms with van der Waals surface area (Å²) in [6.45, 7) is -0.523. The van der Waals surface area contributed by atoms with E-state index >= 15 is 0 Å². The number of carbonyl (C=O) groups is 4. The number of thioether (sulfide) groups is 1. The van der Waals surface area contributed by atoms with Crippen molar-refractivity contribution in [2.24, 2.45) is 5.73 Å². The monoisotopic (exact) mass is 431 g/mol. The Morgan fingerprint density at radius 1 is 1.03 bits per heavy atom. The quantitative estimate of drug-likeness (QED) is 0.442. The second kappa shape index (κ2) is 9.65. The van der Waals surface area contributed by atoms with Crippen LogP contribution in [0, 0.1) is 0 Å². The van der Waals surface area contributed by atoms with E-state index in [9.17, 15) is 19.2 Å². The van der Waals surface area contributed by atoms with Crippen molar-refractivity contribution in [1.82, 2.24) is 5.32 Å². The van der Waals surface area contributed by atoms with Gasteiger partial charge in [0, 0.05) is 16.6 Å². The molecule has 1 aliphatic heterocycles. The van der Waals surface area contributed by atoms with Crippen molar-refractivity contribution in [3.63, 3.8) is 0 Å². The molecule has 3 rings (SSSR count). The van der Waals surface area contributed by atoms with Gasteiger partial charge < -0.3 is 25.3 Å². The highest BCUT2D eigenvalue weighted by Gasteiger charge is 2.17. The first-order chi connectivity index (χ1) is 14.4. The summed E-state index contributed by atoms with van der Waals surface area (Å²) >= 11 is 1.13. The minimum Gasteiger partial charge on any atom is -0.454 e. The van der Waals surface area contributed by atoms with Crippen LogP contribution in [-0.2, 0) is 14.3 Å². The second-order valence-electron chi connectivity index (χ2n) is 5.89. The summed E-state index contributed by atoms with van der Waals surface area (Å²) in [4.78, 5) is 47.0. The molecule has 11 heteroatoms. The number of hydrogen-bond acceptors (Lipinski definition) is 8. The maximum atomic E-state index is 12.3. The highest BCUT2D eigenvalue weighted by atomic mass is 32.2. The predicted octanol–water partition coefficient (Wildman–Crippen LogP) is 1.50. The van der Waals surface area contributed by atoms with Gasteiger partial charge in [0.15, 0.2) is 18.1 Å². The largest absolute Gasteiger partial charge is 0.454 e. The smallest absolute Gasteiger partial charge is 0.339 e. The number of rotatable bonds is 7. The number of imide groups is 1. The number of esters is 1. The molecule has 2 aromatic carbocycles. The number of nitrogens with two attached hydrogens (primary N) is 1. The van der Waals surface area contributed by atoms with Crippen molar-refractivity contribution < 1.29 is 33.4 Å². The summed E-state index contributed by atoms with van der Waals surface area (Å²) < 4.78 is 15.4. The zero-order valence-electron chi connectivity index (χ0n) is 15.5. The third-order valence-corrected chi connectivity index (χ3v) is 4.79. The molecule has 10 nitrogen and oxygen atoms in total. The van der Waals surface area contributed by atoms with E-state index in [4.69, 9.17) is 19.9 Å². The molecule has 0 radical (unpaired) electrons. The molecule has 1 heterocycles. The number of nitrogens with one attached hydrogen (secondary N) is 2. The topological polar surface area (TPSA) is 146 Å². The first-order valence-electron chi connectivity index (χ1n) is 8.60. The molecule has 0 bridgehead atoms. The zero-order chi connectivity index (χ0) is 21.5. The zero-order valence-corrected chi connectivity index (χ0v) is 16.3. The number of carbonyl (C=O) groups excluding carboxylic acids is 4. The van der Waals surface area contributed by atoms with Gasteiger partial charge in [-0.1, -0.05) is 12.1 Å².